The van der Waals surface area contributed by atoms with Crippen molar-refractivity contribution in [2.45, 2.75) is 39.1 Å². The number of aromatic nitrogens is 2. The zero-order valence-corrected chi connectivity index (χ0v) is 38.5. The van der Waals surface area contributed by atoms with E-state index in [2.05, 4.69) is 68.5 Å². The normalized spacial score (nSPS) is 14.5. The minimum atomic E-state index is -4.83. The molecule has 2 aromatic heterocycles. The summed E-state index contributed by atoms with van der Waals surface area (Å²) in [6, 6.07) is 26.2. The molecule has 0 saturated carbocycles. The van der Waals surface area contributed by atoms with Crippen LogP contribution in [0.2, 0.25) is 10.0 Å². The average Bonchev–Trinajstić information content (AvgIpc) is 3.29. The monoisotopic (exact) mass is 946 g/mol. The highest BCUT2D eigenvalue weighted by atomic mass is 35.5. The second-order valence-electron chi connectivity index (χ2n) is 16.2. The first-order valence-electron chi connectivity index (χ1n) is 21.4. The fraction of sp³-hybridized carbons (Fsp3) is 0.333. The smallest absolute Gasteiger partial charge is 0.484 e. The topological polar surface area (TPSA) is 133 Å². The van der Waals surface area contributed by atoms with Crippen molar-refractivity contribution < 1.29 is 37.0 Å². The molecule has 0 radical (unpaired) electrons. The number of benzene rings is 4. The molecule has 2 aliphatic rings. The number of halogens is 5. The molecule has 348 valence electrons. The van der Waals surface area contributed by atoms with Crippen LogP contribution in [0.25, 0.3) is 21.8 Å². The Morgan fingerprint density at radius 2 is 1.23 bits per heavy atom. The number of rotatable bonds is 12. The molecule has 18 heteroatoms. The van der Waals surface area contributed by atoms with Crippen molar-refractivity contribution in [2.24, 2.45) is 0 Å². The van der Waals surface area contributed by atoms with Gasteiger partial charge in [0.1, 0.15) is 28.9 Å². The number of alkyl halides is 3. The first-order chi connectivity index (χ1) is 31.6. The minimum absolute atomic E-state index is 0.0621. The molecule has 0 spiro atoms. The van der Waals surface area contributed by atoms with Gasteiger partial charge in [0.15, 0.2) is 13.2 Å². The number of hydrogen-bond acceptors (Lipinski definition) is 11. The van der Waals surface area contributed by atoms with Crippen molar-refractivity contribution in [1.29, 1.82) is 0 Å². The lowest BCUT2D eigenvalue weighted by atomic mass is 10.0. The number of piperidine rings is 1. The number of anilines is 4. The molecular formula is C48H51Cl2F3N8O5. The fourth-order valence-corrected chi connectivity index (χ4v) is 8.10. The molecular weight excluding hydrogens is 896 g/mol. The van der Waals surface area contributed by atoms with Crippen LogP contribution in [0.1, 0.15) is 24.0 Å². The third-order valence-electron chi connectivity index (χ3n) is 11.2. The third-order valence-corrected chi connectivity index (χ3v) is 11.8. The molecule has 6 aromatic rings. The van der Waals surface area contributed by atoms with Crippen LogP contribution in [0, 0.1) is 13.8 Å². The molecule has 0 bridgehead atoms. The van der Waals surface area contributed by atoms with E-state index < -0.39 is 18.0 Å². The number of ether oxygens (including phenoxy) is 3. The number of piperazine rings is 1. The molecule has 8 rings (SSSR count). The number of fused-ring (bicyclic) bond motifs is 2. The van der Waals surface area contributed by atoms with Gasteiger partial charge >= 0.3 is 6.36 Å². The van der Waals surface area contributed by atoms with Crippen molar-refractivity contribution in [3.63, 3.8) is 0 Å². The SMILES string of the molecule is Cc1cc(N2CCC(N(C)C)CC2)nc2ccc(NC(=O)COc3ccc(OC(F)(F)F)cc3Cl)cc12.Cc1cc(N2CCNCC2)nc2ccc(NC(=O)COc3ccc(Cl)cc3)cc12. The number of amides is 2. The highest BCUT2D eigenvalue weighted by Crippen LogP contribution is 2.33. The van der Waals surface area contributed by atoms with Gasteiger partial charge in [-0.2, -0.15) is 0 Å². The van der Waals surface area contributed by atoms with E-state index in [9.17, 15) is 22.8 Å². The summed E-state index contributed by atoms with van der Waals surface area (Å²) in [4.78, 5) is 41.2. The molecule has 2 amide bonds. The molecule has 2 saturated heterocycles. The fourth-order valence-electron chi connectivity index (χ4n) is 7.75. The van der Waals surface area contributed by atoms with Crippen molar-refractivity contribution in [1.82, 2.24) is 20.2 Å². The number of pyridine rings is 2. The molecule has 66 heavy (non-hydrogen) atoms. The van der Waals surface area contributed by atoms with Gasteiger partial charge in [0.25, 0.3) is 11.8 Å². The molecule has 0 unspecified atom stereocenters. The Balaban J connectivity index is 0.000000202. The average molecular weight is 948 g/mol. The summed E-state index contributed by atoms with van der Waals surface area (Å²) in [6.45, 7) is 9.42. The summed E-state index contributed by atoms with van der Waals surface area (Å²) < 4.78 is 51.7. The molecule has 2 fully saturated rings. The molecule has 0 aliphatic carbocycles. The molecule has 3 N–H and O–H groups in total. The van der Waals surface area contributed by atoms with Crippen LogP contribution in [-0.4, -0.2) is 106 Å². The van der Waals surface area contributed by atoms with Crippen molar-refractivity contribution in [3.05, 3.63) is 112 Å². The van der Waals surface area contributed by atoms with Gasteiger partial charge < -0.3 is 44.9 Å². The highest BCUT2D eigenvalue weighted by molar-refractivity contribution is 6.32. The Hall–Kier alpha value is -6.07. The zero-order chi connectivity index (χ0) is 47.0. The molecule has 2 aliphatic heterocycles. The molecule has 0 atom stereocenters. The van der Waals surface area contributed by atoms with Crippen LogP contribution < -0.4 is 40.0 Å². The number of carbonyl (C=O) groups excluding carboxylic acids is 2. The second kappa shape index (κ2) is 21.5. The largest absolute Gasteiger partial charge is 0.573 e. The van der Waals surface area contributed by atoms with Gasteiger partial charge in [-0.15, -0.1) is 13.2 Å². The minimum Gasteiger partial charge on any atom is -0.484 e. The maximum absolute atomic E-state index is 12.4. The van der Waals surface area contributed by atoms with Crippen LogP contribution in [0.4, 0.5) is 36.2 Å². The Bertz CT molecular complexity index is 2660. The van der Waals surface area contributed by atoms with Gasteiger partial charge in [-0.3, -0.25) is 9.59 Å². The van der Waals surface area contributed by atoms with Crippen molar-refractivity contribution >= 4 is 79.8 Å². The van der Waals surface area contributed by atoms with Crippen LogP contribution in [0.3, 0.4) is 0 Å². The van der Waals surface area contributed by atoms with E-state index in [1.807, 2.05) is 37.3 Å². The lowest BCUT2D eigenvalue weighted by molar-refractivity contribution is -0.274. The van der Waals surface area contributed by atoms with Gasteiger partial charge in [0.2, 0.25) is 0 Å². The number of hydrogen-bond donors (Lipinski definition) is 3. The third kappa shape index (κ3) is 13.1. The molecule has 4 aromatic carbocycles. The number of carbonyl (C=O) groups is 2. The van der Waals surface area contributed by atoms with Crippen molar-refractivity contribution in [3.8, 4) is 17.2 Å². The Morgan fingerprint density at radius 3 is 1.74 bits per heavy atom. The van der Waals surface area contributed by atoms with E-state index >= 15 is 0 Å². The number of nitrogens with zero attached hydrogens (tertiary/aromatic N) is 5. The molecule has 4 heterocycles. The van der Waals surface area contributed by atoms with E-state index in [0.717, 1.165) is 114 Å². The van der Waals surface area contributed by atoms with Crippen molar-refractivity contribution in [2.75, 3.05) is 87.0 Å². The quantitative estimate of drug-likeness (QED) is 0.108. The Morgan fingerprint density at radius 1 is 0.712 bits per heavy atom. The second-order valence-corrected chi connectivity index (χ2v) is 17.1. The van der Waals surface area contributed by atoms with Crippen LogP contribution in [-0.2, 0) is 9.59 Å². The van der Waals surface area contributed by atoms with Gasteiger partial charge in [-0.05, 0) is 137 Å². The summed E-state index contributed by atoms with van der Waals surface area (Å²) in [5, 5.41) is 11.5. The van der Waals surface area contributed by atoms with E-state index in [-0.39, 0.29) is 29.9 Å². The van der Waals surface area contributed by atoms with E-state index in [4.69, 9.17) is 42.6 Å². The number of aryl methyl sites for hydroxylation is 2. The van der Waals surface area contributed by atoms with E-state index in [1.165, 1.54) is 6.07 Å². The standard InChI is InChI=1S/C26H28ClF3N4O3.C22H23ClN4O2/c1-16-12-24(34-10-8-18(9-11-34)33(2)3)32-22-6-4-17(13-20(16)22)31-25(35)15-36-23-7-5-19(14-21(23)27)37-26(28,29)30;1-15-12-21(27-10-8-24-9-11-27)26-20-7-4-17(13-19(15)20)25-22(28)14-29-18-5-2-16(23)3-6-18/h4-7,12-14,18H,8-11,15H2,1-3H3,(H,31,35);2-7,12-13,24H,8-11,14H2,1H3,(H,25,28). The van der Waals surface area contributed by atoms with Crippen LogP contribution >= 0.6 is 23.2 Å². The maximum atomic E-state index is 12.4. The lowest BCUT2D eigenvalue weighted by Gasteiger charge is -2.36. The first-order valence-corrected chi connectivity index (χ1v) is 22.2. The summed E-state index contributed by atoms with van der Waals surface area (Å²) in [5.74, 6) is 1.48. The molecule has 13 nitrogen and oxygen atoms in total. The Labute approximate surface area is 391 Å². The highest BCUT2D eigenvalue weighted by Gasteiger charge is 2.31. The van der Waals surface area contributed by atoms with Crippen LogP contribution in [0.15, 0.2) is 91.0 Å². The van der Waals surface area contributed by atoms with Gasteiger partial charge in [-0.25, -0.2) is 9.97 Å². The lowest BCUT2D eigenvalue weighted by Crippen LogP contribution is -2.43. The predicted octanol–water partition coefficient (Wildman–Crippen LogP) is 9.27. The maximum Gasteiger partial charge on any atom is 0.573 e. The summed E-state index contributed by atoms with van der Waals surface area (Å²) in [7, 11) is 4.23. The number of nitrogens with one attached hydrogen (secondary N) is 3. The Kier molecular flexibility index (Phi) is 15.6. The van der Waals surface area contributed by atoms with E-state index in [1.54, 1.807) is 30.3 Å². The van der Waals surface area contributed by atoms with Gasteiger partial charge in [0.05, 0.1) is 16.1 Å². The summed E-state index contributed by atoms with van der Waals surface area (Å²) in [5.41, 5.74) is 5.25. The summed E-state index contributed by atoms with van der Waals surface area (Å²) in [6.07, 6.45) is -2.64. The van der Waals surface area contributed by atoms with Crippen LogP contribution in [0.5, 0.6) is 17.2 Å². The van der Waals surface area contributed by atoms with E-state index in [0.29, 0.717) is 22.5 Å². The first kappa shape index (κ1) is 47.9. The van der Waals surface area contributed by atoms with Gasteiger partial charge in [-0.1, -0.05) is 23.2 Å². The summed E-state index contributed by atoms with van der Waals surface area (Å²) >= 11 is 11.8. The van der Waals surface area contributed by atoms with Gasteiger partial charge in [0, 0.05) is 78.5 Å². The zero-order valence-electron chi connectivity index (χ0n) is 37.0. The predicted molar refractivity (Wildman–Crippen MR) is 255 cm³/mol.